The Labute approximate surface area is 110 Å². The van der Waals surface area contributed by atoms with E-state index in [0.717, 1.165) is 26.4 Å². The molecule has 0 saturated carbocycles. The predicted molar refractivity (Wildman–Crippen MR) is 72.0 cm³/mol. The summed E-state index contributed by atoms with van der Waals surface area (Å²) in [6.07, 6.45) is 0. The van der Waals surface area contributed by atoms with Crippen LogP contribution in [0.2, 0.25) is 5.15 Å². The maximum atomic E-state index is 6.10. The summed E-state index contributed by atoms with van der Waals surface area (Å²) in [6, 6.07) is 5.93. The maximum Gasteiger partial charge on any atom is 0.156 e. The molecule has 0 saturated heterocycles. The molecule has 86 valence electrons. The van der Waals surface area contributed by atoms with Crippen molar-refractivity contribution in [2.24, 2.45) is 5.73 Å². The van der Waals surface area contributed by atoms with Crippen molar-refractivity contribution in [1.29, 1.82) is 0 Å². The molecule has 1 aromatic carbocycles. The first kappa shape index (κ1) is 11.0. The highest BCUT2D eigenvalue weighted by molar-refractivity contribution is 9.10. The number of rotatable bonds is 1. The third kappa shape index (κ3) is 1.71. The number of aromatic nitrogens is 3. The molecular formula is C11H8BrClN4. The molecule has 0 aliphatic carbocycles. The fraction of sp³-hybridized carbons (Fsp3) is 0.0909. The van der Waals surface area contributed by atoms with Crippen molar-refractivity contribution in [2.45, 2.75) is 6.54 Å². The standard InChI is InChI=1S/C11H8BrClN4/c12-5-1-2-7-6(3-5)9-10(15-7)11(13)17-8(4-14)16-9/h1-3,15H,4,14H2. The lowest BCUT2D eigenvalue weighted by molar-refractivity contribution is 0.927. The summed E-state index contributed by atoms with van der Waals surface area (Å²) < 4.78 is 0.995. The quantitative estimate of drug-likeness (QED) is 0.679. The summed E-state index contributed by atoms with van der Waals surface area (Å²) in [5.74, 6) is 0.545. The molecule has 3 rings (SSSR count). The summed E-state index contributed by atoms with van der Waals surface area (Å²) in [7, 11) is 0. The van der Waals surface area contributed by atoms with E-state index in [-0.39, 0.29) is 6.54 Å². The van der Waals surface area contributed by atoms with Gasteiger partial charge >= 0.3 is 0 Å². The zero-order valence-corrected chi connectivity index (χ0v) is 11.0. The van der Waals surface area contributed by atoms with Crippen molar-refractivity contribution in [1.82, 2.24) is 15.0 Å². The van der Waals surface area contributed by atoms with Crippen LogP contribution in [0, 0.1) is 0 Å². The Morgan fingerprint density at radius 3 is 2.94 bits per heavy atom. The molecule has 4 nitrogen and oxygen atoms in total. The summed E-state index contributed by atoms with van der Waals surface area (Å²) in [6.45, 7) is 0.274. The zero-order chi connectivity index (χ0) is 12.0. The number of nitrogens with zero attached hydrogens (tertiary/aromatic N) is 2. The second-order valence-corrected chi connectivity index (χ2v) is 4.95. The maximum absolute atomic E-state index is 6.10. The molecule has 0 spiro atoms. The van der Waals surface area contributed by atoms with Crippen LogP contribution in [0.15, 0.2) is 22.7 Å². The van der Waals surface area contributed by atoms with Gasteiger partial charge in [-0.3, -0.25) is 0 Å². The Bertz CT molecular complexity index is 722. The molecule has 0 atom stereocenters. The number of H-pyrrole nitrogens is 1. The van der Waals surface area contributed by atoms with Gasteiger partial charge in [0.2, 0.25) is 0 Å². The summed E-state index contributed by atoms with van der Waals surface area (Å²) in [5, 5.41) is 1.41. The molecule has 2 aromatic heterocycles. The van der Waals surface area contributed by atoms with E-state index in [1.165, 1.54) is 0 Å². The minimum absolute atomic E-state index is 0.274. The van der Waals surface area contributed by atoms with Gasteiger partial charge in [-0.1, -0.05) is 27.5 Å². The molecule has 2 heterocycles. The van der Waals surface area contributed by atoms with Crippen molar-refractivity contribution in [3.8, 4) is 0 Å². The largest absolute Gasteiger partial charge is 0.351 e. The van der Waals surface area contributed by atoms with Gasteiger partial charge in [-0.25, -0.2) is 9.97 Å². The Morgan fingerprint density at radius 1 is 1.35 bits per heavy atom. The van der Waals surface area contributed by atoms with E-state index in [0.29, 0.717) is 11.0 Å². The number of halogens is 2. The first-order valence-corrected chi connectivity index (χ1v) is 6.19. The van der Waals surface area contributed by atoms with Crippen LogP contribution in [-0.2, 0) is 6.54 Å². The fourth-order valence-electron chi connectivity index (χ4n) is 1.83. The average molecular weight is 312 g/mol. The molecule has 6 heteroatoms. The van der Waals surface area contributed by atoms with Crippen LogP contribution in [-0.4, -0.2) is 15.0 Å². The zero-order valence-electron chi connectivity index (χ0n) is 8.67. The number of aromatic amines is 1. The lowest BCUT2D eigenvalue weighted by Crippen LogP contribution is -2.02. The normalized spacial score (nSPS) is 11.5. The molecule has 3 N–H and O–H groups in total. The van der Waals surface area contributed by atoms with Gasteiger partial charge < -0.3 is 10.7 Å². The summed E-state index contributed by atoms with van der Waals surface area (Å²) in [4.78, 5) is 11.7. The number of nitrogens with one attached hydrogen (secondary N) is 1. The first-order chi connectivity index (χ1) is 8.19. The van der Waals surface area contributed by atoms with Gasteiger partial charge in [0.1, 0.15) is 16.9 Å². The molecular weight excluding hydrogens is 304 g/mol. The van der Waals surface area contributed by atoms with E-state index in [1.807, 2.05) is 18.2 Å². The van der Waals surface area contributed by atoms with Gasteiger partial charge in [0.15, 0.2) is 5.15 Å². The van der Waals surface area contributed by atoms with Crippen molar-refractivity contribution in [3.63, 3.8) is 0 Å². The minimum Gasteiger partial charge on any atom is -0.351 e. The average Bonchev–Trinajstić information content (AvgIpc) is 2.68. The smallest absolute Gasteiger partial charge is 0.156 e. The van der Waals surface area contributed by atoms with E-state index in [1.54, 1.807) is 0 Å². The van der Waals surface area contributed by atoms with Gasteiger partial charge in [-0.05, 0) is 18.2 Å². The molecule has 3 aromatic rings. The van der Waals surface area contributed by atoms with Gasteiger partial charge in [0.05, 0.1) is 6.54 Å². The Morgan fingerprint density at radius 2 is 2.18 bits per heavy atom. The van der Waals surface area contributed by atoms with Crippen LogP contribution in [0.1, 0.15) is 5.82 Å². The Hall–Kier alpha value is -1.17. The van der Waals surface area contributed by atoms with Crippen LogP contribution in [0.3, 0.4) is 0 Å². The van der Waals surface area contributed by atoms with Crippen LogP contribution < -0.4 is 5.73 Å². The van der Waals surface area contributed by atoms with Gasteiger partial charge in [-0.2, -0.15) is 0 Å². The number of nitrogens with two attached hydrogens (primary N) is 1. The molecule has 0 unspecified atom stereocenters. The van der Waals surface area contributed by atoms with Crippen LogP contribution in [0.25, 0.3) is 21.9 Å². The SMILES string of the molecule is NCc1nc(Cl)c2[nH]c3ccc(Br)cc3c2n1. The third-order valence-corrected chi connectivity index (χ3v) is 3.36. The highest BCUT2D eigenvalue weighted by Crippen LogP contribution is 2.29. The molecule has 0 radical (unpaired) electrons. The molecule has 0 bridgehead atoms. The molecule has 0 aliphatic rings. The monoisotopic (exact) mass is 310 g/mol. The van der Waals surface area contributed by atoms with E-state index in [9.17, 15) is 0 Å². The topological polar surface area (TPSA) is 67.6 Å². The van der Waals surface area contributed by atoms with E-state index in [4.69, 9.17) is 17.3 Å². The second-order valence-electron chi connectivity index (χ2n) is 3.67. The van der Waals surface area contributed by atoms with E-state index < -0.39 is 0 Å². The molecule has 0 fully saturated rings. The number of benzene rings is 1. The van der Waals surface area contributed by atoms with Gasteiger partial charge in [0.25, 0.3) is 0 Å². The Balaban J connectivity index is 2.49. The highest BCUT2D eigenvalue weighted by Gasteiger charge is 2.11. The predicted octanol–water partition coefficient (Wildman–Crippen LogP) is 2.99. The van der Waals surface area contributed by atoms with Crippen molar-refractivity contribution >= 4 is 49.5 Å². The molecule has 17 heavy (non-hydrogen) atoms. The van der Waals surface area contributed by atoms with Crippen LogP contribution >= 0.6 is 27.5 Å². The van der Waals surface area contributed by atoms with Crippen LogP contribution in [0.4, 0.5) is 0 Å². The first-order valence-electron chi connectivity index (χ1n) is 5.02. The van der Waals surface area contributed by atoms with Crippen molar-refractivity contribution in [3.05, 3.63) is 33.6 Å². The fourth-order valence-corrected chi connectivity index (χ4v) is 2.43. The second kappa shape index (κ2) is 3.94. The Kier molecular flexibility index (Phi) is 2.54. The highest BCUT2D eigenvalue weighted by atomic mass is 79.9. The van der Waals surface area contributed by atoms with Crippen molar-refractivity contribution < 1.29 is 0 Å². The molecule has 0 amide bonds. The number of fused-ring (bicyclic) bond motifs is 3. The van der Waals surface area contributed by atoms with E-state index in [2.05, 4.69) is 30.9 Å². The summed E-state index contributed by atoms with van der Waals surface area (Å²) >= 11 is 9.54. The number of hydrogen-bond donors (Lipinski definition) is 2. The molecule has 0 aliphatic heterocycles. The van der Waals surface area contributed by atoms with Gasteiger partial charge in [-0.15, -0.1) is 0 Å². The minimum atomic E-state index is 0.274. The number of hydrogen-bond acceptors (Lipinski definition) is 3. The van der Waals surface area contributed by atoms with Gasteiger partial charge in [0, 0.05) is 15.4 Å². The van der Waals surface area contributed by atoms with E-state index >= 15 is 0 Å². The van der Waals surface area contributed by atoms with Crippen molar-refractivity contribution in [2.75, 3.05) is 0 Å². The van der Waals surface area contributed by atoms with Crippen LogP contribution in [0.5, 0.6) is 0 Å². The third-order valence-electron chi connectivity index (χ3n) is 2.59. The lowest BCUT2D eigenvalue weighted by Gasteiger charge is -1.98. The summed E-state index contributed by atoms with van der Waals surface area (Å²) in [5.41, 5.74) is 8.08. The lowest BCUT2D eigenvalue weighted by atomic mass is 10.2.